The summed E-state index contributed by atoms with van der Waals surface area (Å²) in [4.78, 5) is 37.6. The van der Waals surface area contributed by atoms with Crippen LogP contribution in [0, 0.1) is 12.7 Å². The molecule has 1 aromatic rings. The van der Waals surface area contributed by atoms with E-state index in [2.05, 4.69) is 6.58 Å². The van der Waals surface area contributed by atoms with E-state index in [1.54, 1.807) is 34.6 Å². The lowest BCUT2D eigenvalue weighted by Crippen LogP contribution is -2.41. The third kappa shape index (κ3) is 4.87. The normalized spacial score (nSPS) is 12.0. The number of carbonyl (C=O) groups is 3. The largest absolute Gasteiger partial charge is 0.300 e. The molecule has 4 nitrogen and oxygen atoms in total. The van der Waals surface area contributed by atoms with Gasteiger partial charge in [-0.3, -0.25) is 19.3 Å². The number of halogens is 1. The second kappa shape index (κ2) is 9.41. The average molecular weight is 361 g/mol. The van der Waals surface area contributed by atoms with Gasteiger partial charge in [0.2, 0.25) is 6.41 Å². The predicted octanol–water partition coefficient (Wildman–Crippen LogP) is 4.56. The highest BCUT2D eigenvalue weighted by Crippen LogP contribution is 2.28. The first kappa shape index (κ1) is 21.7. The number of carbonyl (C=O) groups excluding carboxylic acids is 3. The van der Waals surface area contributed by atoms with Gasteiger partial charge in [0.05, 0.1) is 6.04 Å². The van der Waals surface area contributed by atoms with Crippen LogP contribution >= 0.6 is 0 Å². The van der Waals surface area contributed by atoms with Gasteiger partial charge < -0.3 is 0 Å². The highest BCUT2D eigenvalue weighted by molar-refractivity contribution is 6.02. The first-order valence-electron chi connectivity index (χ1n) is 8.89. The first-order valence-corrected chi connectivity index (χ1v) is 8.89. The minimum atomic E-state index is -0.599. The molecule has 0 heterocycles. The molecule has 5 heteroatoms. The van der Waals surface area contributed by atoms with Crippen LogP contribution in [0.1, 0.15) is 74.4 Å². The van der Waals surface area contributed by atoms with E-state index >= 15 is 0 Å². The van der Waals surface area contributed by atoms with E-state index < -0.39 is 17.8 Å². The van der Waals surface area contributed by atoms with Crippen molar-refractivity contribution in [2.45, 2.75) is 65.8 Å². The average Bonchev–Trinajstić information content (AvgIpc) is 2.58. The zero-order chi connectivity index (χ0) is 20.0. The predicted molar refractivity (Wildman–Crippen MR) is 101 cm³/mol. The molecule has 0 N–H and O–H groups in total. The summed E-state index contributed by atoms with van der Waals surface area (Å²) in [5, 5.41) is 0. The molecule has 1 rings (SSSR count). The maximum Gasteiger partial charge on any atom is 0.261 e. The number of aryl methyl sites for hydroxylation is 1. The number of rotatable bonds is 9. The number of hydrogen-bond acceptors (Lipinski definition) is 3. The molecule has 142 valence electrons. The Kier molecular flexibility index (Phi) is 7.87. The number of benzene rings is 1. The molecule has 0 saturated carbocycles. The summed E-state index contributed by atoms with van der Waals surface area (Å²) in [6.45, 7) is 12.7. The second-order valence-corrected chi connectivity index (χ2v) is 6.92. The monoisotopic (exact) mass is 361 g/mol. The van der Waals surface area contributed by atoms with Crippen molar-refractivity contribution in [2.75, 3.05) is 0 Å². The number of Topliss-reactive ketones (excluding diaryl/α,β-unsaturated/α-hetero) is 1. The van der Waals surface area contributed by atoms with E-state index in [4.69, 9.17) is 0 Å². The lowest BCUT2D eigenvalue weighted by atomic mass is 9.91. The minimum Gasteiger partial charge on any atom is -0.300 e. The van der Waals surface area contributed by atoms with E-state index in [1.165, 1.54) is 12.1 Å². The summed E-state index contributed by atoms with van der Waals surface area (Å²) in [7, 11) is 0. The van der Waals surface area contributed by atoms with Gasteiger partial charge in [-0.25, -0.2) is 4.39 Å². The molecule has 0 bridgehead atoms. The van der Waals surface area contributed by atoms with Gasteiger partial charge in [0, 0.05) is 24.0 Å². The molecule has 2 amide bonds. The Bertz CT molecular complexity index is 709. The van der Waals surface area contributed by atoms with Gasteiger partial charge in [0.25, 0.3) is 5.91 Å². The molecule has 0 fully saturated rings. The first-order chi connectivity index (χ1) is 12.1. The van der Waals surface area contributed by atoms with Crippen molar-refractivity contribution in [3.8, 4) is 0 Å². The van der Waals surface area contributed by atoms with Crippen molar-refractivity contribution in [3.05, 3.63) is 46.8 Å². The van der Waals surface area contributed by atoms with Crippen molar-refractivity contribution in [1.29, 1.82) is 0 Å². The topological polar surface area (TPSA) is 54.5 Å². The van der Waals surface area contributed by atoms with Crippen molar-refractivity contribution < 1.29 is 18.8 Å². The van der Waals surface area contributed by atoms with Gasteiger partial charge in [-0.05, 0) is 37.8 Å². The third-order valence-corrected chi connectivity index (χ3v) is 4.54. The maximum atomic E-state index is 14.3. The Balaban J connectivity index is 3.34. The van der Waals surface area contributed by atoms with Gasteiger partial charge >= 0.3 is 0 Å². The number of imide groups is 1. The van der Waals surface area contributed by atoms with Crippen molar-refractivity contribution in [3.63, 3.8) is 0 Å². The van der Waals surface area contributed by atoms with Gasteiger partial charge in [-0.1, -0.05) is 39.0 Å². The molecule has 0 spiro atoms. The Labute approximate surface area is 155 Å². The van der Waals surface area contributed by atoms with Gasteiger partial charge in [-0.15, -0.1) is 0 Å². The summed E-state index contributed by atoms with van der Waals surface area (Å²) in [5.41, 5.74) is 1.72. The summed E-state index contributed by atoms with van der Waals surface area (Å²) < 4.78 is 14.3. The molecular weight excluding hydrogens is 333 g/mol. The number of hydrogen-bond donors (Lipinski definition) is 0. The molecule has 1 aromatic carbocycles. The summed E-state index contributed by atoms with van der Waals surface area (Å²) in [5.74, 6) is -1.18. The number of ketones is 1. The summed E-state index contributed by atoms with van der Waals surface area (Å²) in [6.07, 6.45) is 1.42. The van der Waals surface area contributed by atoms with Gasteiger partial charge in [-0.2, -0.15) is 0 Å². The van der Waals surface area contributed by atoms with E-state index in [0.29, 0.717) is 36.0 Å². The molecule has 1 atom stereocenters. The molecule has 0 aromatic heterocycles. The fourth-order valence-corrected chi connectivity index (χ4v) is 3.04. The Hall–Kier alpha value is -2.30. The van der Waals surface area contributed by atoms with Crippen LogP contribution in [-0.4, -0.2) is 29.0 Å². The van der Waals surface area contributed by atoms with Crippen LogP contribution in [0.3, 0.4) is 0 Å². The zero-order valence-electron chi connectivity index (χ0n) is 16.3. The summed E-state index contributed by atoms with van der Waals surface area (Å²) >= 11 is 0. The lowest BCUT2D eigenvalue weighted by molar-refractivity contribution is -0.120. The van der Waals surface area contributed by atoms with E-state index in [-0.39, 0.29) is 23.7 Å². The zero-order valence-corrected chi connectivity index (χ0v) is 16.3. The van der Waals surface area contributed by atoms with Crippen LogP contribution in [-0.2, 0) is 9.59 Å². The molecular formula is C21H28FNO3. The molecule has 1 unspecified atom stereocenters. The Morgan fingerprint density at radius 3 is 2.38 bits per heavy atom. The van der Waals surface area contributed by atoms with Crippen molar-refractivity contribution >= 4 is 18.1 Å². The highest BCUT2D eigenvalue weighted by Gasteiger charge is 2.29. The number of nitrogens with zero attached hydrogens (tertiary/aromatic N) is 1. The minimum absolute atomic E-state index is 0.0550. The van der Waals surface area contributed by atoms with Crippen LogP contribution < -0.4 is 0 Å². The molecule has 26 heavy (non-hydrogen) atoms. The molecule has 0 aliphatic carbocycles. The summed E-state index contributed by atoms with van der Waals surface area (Å²) in [6, 6.07) is 2.27. The van der Waals surface area contributed by atoms with Crippen LogP contribution in [0.25, 0.3) is 0 Å². The molecule has 0 aliphatic heterocycles. The lowest BCUT2D eigenvalue weighted by Gasteiger charge is -2.29. The third-order valence-electron chi connectivity index (χ3n) is 4.54. The van der Waals surface area contributed by atoms with Gasteiger partial charge in [0.15, 0.2) is 0 Å². The van der Waals surface area contributed by atoms with Crippen LogP contribution in [0.2, 0.25) is 0 Å². The van der Waals surface area contributed by atoms with Crippen LogP contribution in [0.15, 0.2) is 24.3 Å². The van der Waals surface area contributed by atoms with Crippen LogP contribution in [0.4, 0.5) is 4.39 Å². The quantitative estimate of drug-likeness (QED) is 0.478. The van der Waals surface area contributed by atoms with Crippen molar-refractivity contribution in [1.82, 2.24) is 4.90 Å². The Morgan fingerprint density at radius 1 is 1.31 bits per heavy atom. The van der Waals surface area contributed by atoms with E-state index in [9.17, 15) is 18.8 Å². The highest BCUT2D eigenvalue weighted by atomic mass is 19.1. The fourth-order valence-electron chi connectivity index (χ4n) is 3.04. The van der Waals surface area contributed by atoms with E-state index in [0.717, 1.165) is 4.90 Å². The SMILES string of the molecule is C=C(C)C(CCC(=O)CC)N(C=O)C(=O)c1c(C)ccc(F)c1C(C)C. The second-order valence-electron chi connectivity index (χ2n) is 6.92. The van der Waals surface area contributed by atoms with E-state index in [1.807, 2.05) is 0 Å². The molecule has 0 aliphatic rings. The standard InChI is InChI=1S/C21H28FNO3/c1-7-16(25)9-11-18(13(2)3)23(12-24)21(26)20-15(6)8-10-17(22)19(20)14(4)5/h8,10,12,14,18H,2,7,9,11H2,1,3-6H3. The van der Waals surface area contributed by atoms with Gasteiger partial charge in [0.1, 0.15) is 11.6 Å². The Morgan fingerprint density at radius 2 is 1.92 bits per heavy atom. The maximum absolute atomic E-state index is 14.3. The van der Waals surface area contributed by atoms with Crippen molar-refractivity contribution in [2.24, 2.45) is 0 Å². The fraction of sp³-hybridized carbons (Fsp3) is 0.476. The smallest absolute Gasteiger partial charge is 0.261 e. The molecule has 0 saturated heterocycles. The number of amides is 2. The van der Waals surface area contributed by atoms with Crippen LogP contribution in [0.5, 0.6) is 0 Å². The molecule has 0 radical (unpaired) electrons.